The summed E-state index contributed by atoms with van der Waals surface area (Å²) in [5, 5.41) is 0.897. The Morgan fingerprint density at radius 2 is 2.28 bits per heavy atom. The van der Waals surface area contributed by atoms with Crippen molar-refractivity contribution in [3.63, 3.8) is 0 Å². The van der Waals surface area contributed by atoms with Crippen LogP contribution < -0.4 is 4.74 Å². The molecule has 0 radical (unpaired) electrons. The van der Waals surface area contributed by atoms with E-state index in [-0.39, 0.29) is 11.8 Å². The number of aromatic amines is 1. The van der Waals surface area contributed by atoms with Crippen LogP contribution in [0.25, 0.3) is 10.9 Å². The number of carbonyl (C=O) groups excluding carboxylic acids is 1. The van der Waals surface area contributed by atoms with Gasteiger partial charge in [0.15, 0.2) is 0 Å². The number of benzene rings is 1. The Balaban J connectivity index is 1.60. The van der Waals surface area contributed by atoms with Gasteiger partial charge in [0.25, 0.3) is 5.91 Å². The van der Waals surface area contributed by atoms with Crippen LogP contribution in [0.3, 0.4) is 0 Å². The van der Waals surface area contributed by atoms with E-state index in [1.165, 1.54) is 0 Å². The number of nitrogens with zero attached hydrogens (tertiary/aromatic N) is 3. The van der Waals surface area contributed by atoms with Gasteiger partial charge in [-0.2, -0.15) is 0 Å². The second-order valence-corrected chi connectivity index (χ2v) is 6.34. The van der Waals surface area contributed by atoms with E-state index in [0.717, 1.165) is 41.7 Å². The summed E-state index contributed by atoms with van der Waals surface area (Å²) in [6, 6.07) is 7.67. The van der Waals surface area contributed by atoms with Crippen molar-refractivity contribution in [2.24, 2.45) is 0 Å². The molecule has 0 aliphatic carbocycles. The SMILES string of the molecule is COc1ccc2[nH]cc(C(=O)N3CCCC(c4ccncn4)C3)c2c1. The zero-order chi connectivity index (χ0) is 17.2. The summed E-state index contributed by atoms with van der Waals surface area (Å²) in [7, 11) is 1.63. The van der Waals surface area contributed by atoms with Crippen LogP contribution in [0.2, 0.25) is 0 Å². The maximum absolute atomic E-state index is 13.1. The number of fused-ring (bicyclic) bond motifs is 1. The number of nitrogens with one attached hydrogen (secondary N) is 1. The molecule has 25 heavy (non-hydrogen) atoms. The van der Waals surface area contributed by atoms with Crippen LogP contribution in [-0.4, -0.2) is 46.0 Å². The first-order valence-corrected chi connectivity index (χ1v) is 8.46. The van der Waals surface area contributed by atoms with Crippen LogP contribution in [0.1, 0.15) is 34.8 Å². The fraction of sp³-hybridized carbons (Fsp3) is 0.316. The van der Waals surface area contributed by atoms with Gasteiger partial charge in [-0.05, 0) is 37.1 Å². The molecule has 1 saturated heterocycles. The number of amides is 1. The summed E-state index contributed by atoms with van der Waals surface area (Å²) in [6.45, 7) is 1.46. The molecule has 3 heterocycles. The Kier molecular flexibility index (Phi) is 4.09. The maximum atomic E-state index is 13.1. The molecule has 1 N–H and O–H groups in total. The number of methoxy groups -OCH3 is 1. The number of hydrogen-bond donors (Lipinski definition) is 1. The Morgan fingerprint density at radius 1 is 1.36 bits per heavy atom. The molecule has 3 aromatic rings. The smallest absolute Gasteiger partial charge is 0.256 e. The predicted molar refractivity (Wildman–Crippen MR) is 94.8 cm³/mol. The highest BCUT2D eigenvalue weighted by atomic mass is 16.5. The third kappa shape index (κ3) is 2.95. The number of hydrogen-bond acceptors (Lipinski definition) is 4. The summed E-state index contributed by atoms with van der Waals surface area (Å²) in [6.07, 6.45) is 7.15. The van der Waals surface area contributed by atoms with Gasteiger partial charge >= 0.3 is 0 Å². The van der Waals surface area contributed by atoms with Crippen LogP contribution in [0.15, 0.2) is 43.0 Å². The molecule has 0 bridgehead atoms. The third-order valence-corrected chi connectivity index (χ3v) is 4.85. The van der Waals surface area contributed by atoms with Crippen molar-refractivity contribution in [2.75, 3.05) is 20.2 Å². The van der Waals surface area contributed by atoms with Gasteiger partial charge in [0.1, 0.15) is 12.1 Å². The predicted octanol–water partition coefficient (Wildman–Crippen LogP) is 2.99. The van der Waals surface area contributed by atoms with Crippen molar-refractivity contribution in [3.05, 3.63) is 54.2 Å². The van der Waals surface area contributed by atoms with Gasteiger partial charge in [0, 0.05) is 48.0 Å². The minimum Gasteiger partial charge on any atom is -0.497 e. The van der Waals surface area contributed by atoms with Gasteiger partial charge in [-0.25, -0.2) is 9.97 Å². The third-order valence-electron chi connectivity index (χ3n) is 4.85. The normalized spacial score (nSPS) is 17.6. The quantitative estimate of drug-likeness (QED) is 0.798. The Bertz CT molecular complexity index is 891. The molecule has 1 amide bonds. The topological polar surface area (TPSA) is 71.1 Å². The van der Waals surface area contributed by atoms with Crippen LogP contribution in [0.5, 0.6) is 5.75 Å². The molecule has 1 aliphatic rings. The fourth-order valence-electron chi connectivity index (χ4n) is 3.52. The Labute approximate surface area is 145 Å². The van der Waals surface area contributed by atoms with E-state index in [2.05, 4.69) is 15.0 Å². The van der Waals surface area contributed by atoms with Gasteiger partial charge in [-0.3, -0.25) is 4.79 Å². The lowest BCUT2D eigenvalue weighted by Gasteiger charge is -2.32. The van der Waals surface area contributed by atoms with Crippen molar-refractivity contribution in [2.45, 2.75) is 18.8 Å². The van der Waals surface area contributed by atoms with Gasteiger partial charge in [0.2, 0.25) is 0 Å². The average Bonchev–Trinajstić information content (AvgIpc) is 3.11. The van der Waals surface area contributed by atoms with Crippen molar-refractivity contribution in [1.29, 1.82) is 0 Å². The molecule has 4 rings (SSSR count). The number of piperidine rings is 1. The van der Waals surface area contributed by atoms with Crippen LogP contribution in [0, 0.1) is 0 Å². The number of rotatable bonds is 3. The van der Waals surface area contributed by atoms with Crippen LogP contribution >= 0.6 is 0 Å². The zero-order valence-corrected chi connectivity index (χ0v) is 14.1. The molecule has 1 aromatic carbocycles. The van der Waals surface area contributed by atoms with Crippen molar-refractivity contribution in [1.82, 2.24) is 19.9 Å². The second kappa shape index (κ2) is 6.55. The lowest BCUT2D eigenvalue weighted by Crippen LogP contribution is -2.39. The monoisotopic (exact) mass is 336 g/mol. The lowest BCUT2D eigenvalue weighted by molar-refractivity contribution is 0.0708. The first-order valence-electron chi connectivity index (χ1n) is 8.46. The molecular formula is C19H20N4O2. The molecule has 0 saturated carbocycles. The van der Waals surface area contributed by atoms with Gasteiger partial charge < -0.3 is 14.6 Å². The number of ether oxygens (including phenoxy) is 1. The highest BCUT2D eigenvalue weighted by Gasteiger charge is 2.27. The first kappa shape index (κ1) is 15.6. The van der Waals surface area contributed by atoms with Crippen LogP contribution in [0.4, 0.5) is 0 Å². The van der Waals surface area contributed by atoms with E-state index in [0.29, 0.717) is 12.1 Å². The average molecular weight is 336 g/mol. The molecular weight excluding hydrogens is 316 g/mol. The van der Waals surface area contributed by atoms with Crippen molar-refractivity contribution >= 4 is 16.8 Å². The van der Waals surface area contributed by atoms with Gasteiger partial charge in [-0.15, -0.1) is 0 Å². The summed E-state index contributed by atoms with van der Waals surface area (Å²) >= 11 is 0. The molecule has 0 spiro atoms. The molecule has 1 fully saturated rings. The highest BCUT2D eigenvalue weighted by Crippen LogP contribution is 2.29. The number of H-pyrrole nitrogens is 1. The zero-order valence-electron chi connectivity index (χ0n) is 14.1. The number of aromatic nitrogens is 3. The standard InChI is InChI=1S/C19H20N4O2/c1-25-14-4-5-18-15(9-14)16(10-21-18)19(24)23-8-2-3-13(11-23)17-6-7-20-12-22-17/h4-7,9-10,12-13,21H,2-3,8,11H2,1H3. The van der Waals surface area contributed by atoms with Crippen LogP contribution in [-0.2, 0) is 0 Å². The number of likely N-dealkylation sites (tertiary alicyclic amines) is 1. The minimum atomic E-state index is 0.0539. The fourth-order valence-corrected chi connectivity index (χ4v) is 3.52. The molecule has 6 nitrogen and oxygen atoms in total. The van der Waals surface area contributed by atoms with Gasteiger partial charge in [-0.1, -0.05) is 0 Å². The Morgan fingerprint density at radius 3 is 3.08 bits per heavy atom. The molecule has 6 heteroatoms. The molecule has 2 aromatic heterocycles. The first-order chi connectivity index (χ1) is 12.3. The van der Waals surface area contributed by atoms with E-state index >= 15 is 0 Å². The molecule has 128 valence electrons. The van der Waals surface area contributed by atoms with E-state index < -0.39 is 0 Å². The summed E-state index contributed by atoms with van der Waals surface area (Å²) in [4.78, 5) is 26.5. The summed E-state index contributed by atoms with van der Waals surface area (Å²) in [5.74, 6) is 1.07. The van der Waals surface area contributed by atoms with E-state index in [4.69, 9.17) is 4.74 Å². The maximum Gasteiger partial charge on any atom is 0.256 e. The second-order valence-electron chi connectivity index (χ2n) is 6.34. The van der Waals surface area contributed by atoms with E-state index in [1.54, 1.807) is 25.8 Å². The molecule has 1 unspecified atom stereocenters. The summed E-state index contributed by atoms with van der Waals surface area (Å²) < 4.78 is 5.29. The lowest BCUT2D eigenvalue weighted by atomic mass is 9.94. The Hall–Kier alpha value is -2.89. The van der Waals surface area contributed by atoms with E-state index in [1.807, 2.05) is 29.2 Å². The number of carbonyl (C=O) groups is 1. The highest BCUT2D eigenvalue weighted by molar-refractivity contribution is 6.07. The van der Waals surface area contributed by atoms with E-state index in [9.17, 15) is 4.79 Å². The minimum absolute atomic E-state index is 0.0539. The van der Waals surface area contributed by atoms with Crippen molar-refractivity contribution in [3.8, 4) is 5.75 Å². The van der Waals surface area contributed by atoms with Gasteiger partial charge in [0.05, 0.1) is 12.7 Å². The molecule has 1 aliphatic heterocycles. The largest absolute Gasteiger partial charge is 0.497 e. The molecule has 1 atom stereocenters. The summed E-state index contributed by atoms with van der Waals surface area (Å²) in [5.41, 5.74) is 2.64. The van der Waals surface area contributed by atoms with Crippen molar-refractivity contribution < 1.29 is 9.53 Å².